The molecule has 1 unspecified atom stereocenters. The average Bonchev–Trinajstić information content (AvgIpc) is 3.37. The summed E-state index contributed by atoms with van der Waals surface area (Å²) in [7, 11) is 1.61. The number of carbonyl (C=O) groups excluding carboxylic acids is 1. The summed E-state index contributed by atoms with van der Waals surface area (Å²) in [4.78, 5) is 15.2. The number of aromatic nitrogens is 2. The zero-order valence-corrected chi connectivity index (χ0v) is 19.8. The van der Waals surface area contributed by atoms with Gasteiger partial charge in [0.15, 0.2) is 0 Å². The first-order valence-corrected chi connectivity index (χ1v) is 11.5. The van der Waals surface area contributed by atoms with Crippen molar-refractivity contribution in [2.75, 3.05) is 13.7 Å². The number of ether oxygens (including phenoxy) is 1. The molecule has 2 N–H and O–H groups in total. The number of nitrogens with one attached hydrogen (secondary N) is 1. The molecule has 2 heterocycles. The third-order valence-corrected chi connectivity index (χ3v) is 6.56. The fourth-order valence-corrected chi connectivity index (χ4v) is 4.93. The molecular formula is C28H26FN3O3. The Morgan fingerprint density at radius 3 is 2.54 bits per heavy atom. The Kier molecular flexibility index (Phi) is 5.76. The molecule has 7 heteroatoms. The van der Waals surface area contributed by atoms with Gasteiger partial charge in [0.25, 0.3) is 5.91 Å². The normalized spacial score (nSPS) is 14.9. The number of fused-ring (bicyclic) bond motifs is 1. The van der Waals surface area contributed by atoms with Gasteiger partial charge in [0.2, 0.25) is 0 Å². The van der Waals surface area contributed by atoms with E-state index in [0.29, 0.717) is 41.0 Å². The summed E-state index contributed by atoms with van der Waals surface area (Å²) in [5.74, 6) is 0.191. The van der Waals surface area contributed by atoms with Crippen LogP contribution < -0.4 is 4.74 Å². The summed E-state index contributed by atoms with van der Waals surface area (Å²) in [5.41, 5.74) is 5.07. The zero-order chi connectivity index (χ0) is 24.7. The van der Waals surface area contributed by atoms with Gasteiger partial charge in [-0.2, -0.15) is 5.10 Å². The molecule has 35 heavy (non-hydrogen) atoms. The third-order valence-electron chi connectivity index (χ3n) is 6.56. The Morgan fingerprint density at radius 1 is 1.11 bits per heavy atom. The van der Waals surface area contributed by atoms with E-state index in [9.17, 15) is 9.90 Å². The fourth-order valence-electron chi connectivity index (χ4n) is 4.93. The molecule has 0 aliphatic carbocycles. The van der Waals surface area contributed by atoms with Crippen LogP contribution in [0.25, 0.3) is 11.3 Å². The predicted octanol–water partition coefficient (Wildman–Crippen LogP) is 5.33. The number of amides is 1. The monoisotopic (exact) mass is 471 g/mol. The van der Waals surface area contributed by atoms with Crippen LogP contribution in [0, 0.1) is 19.7 Å². The van der Waals surface area contributed by atoms with Crippen LogP contribution in [-0.2, 0) is 6.42 Å². The number of aromatic hydroxyl groups is 1. The Bertz CT molecular complexity index is 1390. The number of aryl methyl sites for hydroxylation is 2. The quantitative estimate of drug-likeness (QED) is 0.398. The summed E-state index contributed by atoms with van der Waals surface area (Å²) < 4.78 is 20.3. The number of H-pyrrole nitrogens is 1. The van der Waals surface area contributed by atoms with Gasteiger partial charge in [0.05, 0.1) is 13.2 Å². The van der Waals surface area contributed by atoms with Crippen molar-refractivity contribution < 1.29 is 19.0 Å². The fraction of sp³-hybridized carbons (Fsp3) is 0.214. The second kappa shape index (κ2) is 8.91. The standard InChI is InChI=1S/C28H26FN3O3/c1-16-14-17(2)23(22(33)15-16)25-24-26(31-30-25)28(34)32(27(24)20-6-4-5-7-21(20)29)13-12-18-8-10-19(35-3)11-9-18/h4-11,14-15,27,33H,12-13H2,1-3H3,(H,30,31). The summed E-state index contributed by atoms with van der Waals surface area (Å²) in [5, 5.41) is 18.1. The topological polar surface area (TPSA) is 78.5 Å². The number of hydrogen-bond donors (Lipinski definition) is 2. The summed E-state index contributed by atoms with van der Waals surface area (Å²) in [6.45, 7) is 4.17. The number of phenolic OH excluding ortho intramolecular Hbond substituents is 1. The van der Waals surface area contributed by atoms with E-state index in [-0.39, 0.29) is 11.7 Å². The Morgan fingerprint density at radius 2 is 1.86 bits per heavy atom. The molecule has 1 aliphatic heterocycles. The molecular weight excluding hydrogens is 445 g/mol. The molecule has 178 valence electrons. The lowest BCUT2D eigenvalue weighted by molar-refractivity contribution is 0.0744. The van der Waals surface area contributed by atoms with E-state index in [1.807, 2.05) is 44.2 Å². The maximum atomic E-state index is 15.1. The van der Waals surface area contributed by atoms with E-state index in [1.54, 1.807) is 36.3 Å². The van der Waals surface area contributed by atoms with Crippen LogP contribution in [0.3, 0.4) is 0 Å². The van der Waals surface area contributed by atoms with Crippen molar-refractivity contribution in [1.29, 1.82) is 0 Å². The number of carbonyl (C=O) groups is 1. The lowest BCUT2D eigenvalue weighted by Crippen LogP contribution is -2.32. The van der Waals surface area contributed by atoms with E-state index < -0.39 is 11.9 Å². The highest BCUT2D eigenvalue weighted by Crippen LogP contribution is 2.46. The van der Waals surface area contributed by atoms with Crippen molar-refractivity contribution in [2.24, 2.45) is 0 Å². The minimum Gasteiger partial charge on any atom is -0.507 e. The van der Waals surface area contributed by atoms with Gasteiger partial charge >= 0.3 is 0 Å². The Labute approximate surface area is 203 Å². The van der Waals surface area contributed by atoms with Crippen LogP contribution >= 0.6 is 0 Å². The molecule has 1 aromatic heterocycles. The van der Waals surface area contributed by atoms with Crippen LogP contribution in [0.2, 0.25) is 0 Å². The number of methoxy groups -OCH3 is 1. The molecule has 6 nitrogen and oxygen atoms in total. The molecule has 0 saturated carbocycles. The summed E-state index contributed by atoms with van der Waals surface area (Å²) >= 11 is 0. The van der Waals surface area contributed by atoms with Gasteiger partial charge < -0.3 is 14.7 Å². The second-order valence-electron chi connectivity index (χ2n) is 8.86. The molecule has 3 aromatic carbocycles. The van der Waals surface area contributed by atoms with E-state index in [1.165, 1.54) is 6.07 Å². The predicted molar refractivity (Wildman–Crippen MR) is 131 cm³/mol. The first kappa shape index (κ1) is 22.7. The van der Waals surface area contributed by atoms with Crippen molar-refractivity contribution in [2.45, 2.75) is 26.3 Å². The van der Waals surface area contributed by atoms with Gasteiger partial charge in [-0.1, -0.05) is 36.4 Å². The number of rotatable bonds is 6. The van der Waals surface area contributed by atoms with Crippen LogP contribution in [0.5, 0.6) is 11.5 Å². The molecule has 1 aliphatic rings. The van der Waals surface area contributed by atoms with E-state index in [4.69, 9.17) is 4.74 Å². The van der Waals surface area contributed by atoms with Crippen LogP contribution in [-0.4, -0.2) is 39.8 Å². The summed E-state index contributed by atoms with van der Waals surface area (Å²) in [6, 6.07) is 17.1. The van der Waals surface area contributed by atoms with Crippen LogP contribution in [0.4, 0.5) is 4.39 Å². The zero-order valence-electron chi connectivity index (χ0n) is 19.8. The molecule has 5 rings (SSSR count). The van der Waals surface area contributed by atoms with Gasteiger partial charge in [-0.3, -0.25) is 9.89 Å². The first-order valence-electron chi connectivity index (χ1n) is 11.5. The number of hydrogen-bond acceptors (Lipinski definition) is 4. The molecule has 0 saturated heterocycles. The van der Waals surface area contributed by atoms with Gasteiger partial charge in [0, 0.05) is 23.2 Å². The first-order chi connectivity index (χ1) is 16.9. The largest absolute Gasteiger partial charge is 0.507 e. The Hall–Kier alpha value is -4.13. The molecule has 0 radical (unpaired) electrons. The highest BCUT2D eigenvalue weighted by molar-refractivity contribution is 6.00. The van der Waals surface area contributed by atoms with E-state index in [2.05, 4.69) is 10.2 Å². The minimum atomic E-state index is -0.675. The van der Waals surface area contributed by atoms with Gasteiger partial charge in [-0.05, 0) is 61.2 Å². The number of nitrogens with zero attached hydrogens (tertiary/aromatic N) is 2. The molecule has 4 aromatic rings. The molecule has 1 amide bonds. The summed E-state index contributed by atoms with van der Waals surface area (Å²) in [6.07, 6.45) is 0.586. The van der Waals surface area contributed by atoms with Crippen molar-refractivity contribution in [3.63, 3.8) is 0 Å². The highest BCUT2D eigenvalue weighted by Gasteiger charge is 2.43. The highest BCUT2D eigenvalue weighted by atomic mass is 19.1. The number of phenols is 1. The smallest absolute Gasteiger partial charge is 0.273 e. The van der Waals surface area contributed by atoms with Gasteiger partial charge in [-0.25, -0.2) is 4.39 Å². The van der Waals surface area contributed by atoms with E-state index in [0.717, 1.165) is 22.4 Å². The van der Waals surface area contributed by atoms with Crippen molar-refractivity contribution >= 4 is 5.91 Å². The second-order valence-corrected chi connectivity index (χ2v) is 8.86. The van der Waals surface area contributed by atoms with Crippen molar-refractivity contribution in [1.82, 2.24) is 15.1 Å². The van der Waals surface area contributed by atoms with E-state index >= 15 is 4.39 Å². The maximum Gasteiger partial charge on any atom is 0.273 e. The van der Waals surface area contributed by atoms with Crippen molar-refractivity contribution in [3.8, 4) is 22.8 Å². The van der Waals surface area contributed by atoms with Gasteiger partial charge in [-0.15, -0.1) is 0 Å². The molecule has 0 fully saturated rings. The van der Waals surface area contributed by atoms with Crippen molar-refractivity contribution in [3.05, 3.63) is 100.0 Å². The molecule has 0 bridgehead atoms. The lowest BCUT2D eigenvalue weighted by atomic mass is 9.93. The average molecular weight is 472 g/mol. The number of halogens is 1. The molecule has 0 spiro atoms. The minimum absolute atomic E-state index is 0.0771. The SMILES string of the molecule is COc1ccc(CCN2C(=O)c3[nH]nc(-c4c(C)cc(C)cc4O)c3C2c2ccccc2F)cc1. The van der Waals surface area contributed by atoms with Crippen LogP contribution in [0.1, 0.15) is 44.3 Å². The van der Waals surface area contributed by atoms with Gasteiger partial charge in [0.1, 0.15) is 28.7 Å². The Balaban J connectivity index is 1.59. The maximum absolute atomic E-state index is 15.1. The molecule has 1 atom stereocenters. The lowest BCUT2D eigenvalue weighted by Gasteiger charge is -2.27. The number of benzene rings is 3. The third kappa shape index (κ3) is 3.93. The van der Waals surface area contributed by atoms with Crippen LogP contribution in [0.15, 0.2) is 60.7 Å². The number of aromatic amines is 1.